The highest BCUT2D eigenvalue weighted by Gasteiger charge is 2.58. The molecule has 0 aliphatic heterocycles. The number of aliphatic hydroxyl groups excluding tert-OH is 1. The van der Waals surface area contributed by atoms with Crippen LogP contribution < -0.4 is 0 Å². The molecule has 0 spiro atoms. The van der Waals surface area contributed by atoms with Crippen LogP contribution in [-0.2, 0) is 19.1 Å². The number of carbonyl (C=O) groups is 2. The summed E-state index contributed by atoms with van der Waals surface area (Å²) in [5.74, 6) is 1.25. The molecule has 5 heteroatoms. The minimum atomic E-state index is -0.271. The smallest absolute Gasteiger partial charge is 0.302 e. The normalized spacial score (nSPS) is 42.5. The van der Waals surface area contributed by atoms with E-state index in [1.807, 2.05) is 0 Å². The van der Waals surface area contributed by atoms with E-state index in [1.54, 1.807) is 0 Å². The minimum Gasteiger partial charge on any atom is -0.466 e. The maximum atomic E-state index is 11.6. The Balaban J connectivity index is 1.86. The van der Waals surface area contributed by atoms with Gasteiger partial charge in [-0.2, -0.15) is 0 Å². The average Bonchev–Trinajstić information content (AvgIpc) is 3.04. The molecule has 8 atom stereocenters. The van der Waals surface area contributed by atoms with E-state index >= 15 is 0 Å². The molecule has 3 fully saturated rings. The van der Waals surface area contributed by atoms with Crippen molar-refractivity contribution < 1.29 is 24.2 Å². The van der Waals surface area contributed by atoms with Gasteiger partial charge in [0.25, 0.3) is 0 Å². The fourth-order valence-electron chi connectivity index (χ4n) is 7.86. The Kier molecular flexibility index (Phi) is 7.25. The summed E-state index contributed by atoms with van der Waals surface area (Å²) in [7, 11) is 0. The number of allylic oxidation sites excluding steroid dienone is 1. The first-order valence-corrected chi connectivity index (χ1v) is 12.1. The van der Waals surface area contributed by atoms with Crippen molar-refractivity contribution in [1.82, 2.24) is 0 Å². The molecule has 0 aromatic heterocycles. The van der Waals surface area contributed by atoms with Crippen molar-refractivity contribution in [2.24, 2.45) is 40.4 Å². The summed E-state index contributed by atoms with van der Waals surface area (Å²) in [6.45, 7) is 14.6. The van der Waals surface area contributed by atoms with Crippen LogP contribution in [-0.4, -0.2) is 36.4 Å². The van der Waals surface area contributed by atoms with Crippen molar-refractivity contribution in [3.05, 3.63) is 12.2 Å². The molecule has 3 rings (SSSR count). The lowest BCUT2D eigenvalue weighted by Gasteiger charge is -2.57. The number of hydrogen-bond donors (Lipinski definition) is 1. The molecule has 31 heavy (non-hydrogen) atoms. The quantitative estimate of drug-likeness (QED) is 0.475. The van der Waals surface area contributed by atoms with E-state index in [0.717, 1.165) is 32.1 Å². The predicted octanol–water partition coefficient (Wildman–Crippen LogP) is 4.91. The number of esters is 2. The van der Waals surface area contributed by atoms with Crippen LogP contribution in [0.4, 0.5) is 0 Å². The van der Waals surface area contributed by atoms with Gasteiger partial charge in [-0.05, 0) is 86.4 Å². The number of fused-ring (bicyclic) bond motifs is 1. The van der Waals surface area contributed by atoms with Gasteiger partial charge in [-0.15, -0.1) is 0 Å². The van der Waals surface area contributed by atoms with Crippen LogP contribution in [0.1, 0.15) is 79.6 Å². The van der Waals surface area contributed by atoms with Crippen LogP contribution in [0, 0.1) is 40.4 Å². The van der Waals surface area contributed by atoms with Crippen LogP contribution in [0.3, 0.4) is 0 Å². The van der Waals surface area contributed by atoms with Crippen molar-refractivity contribution >= 4 is 11.9 Å². The Morgan fingerprint density at radius 2 is 1.61 bits per heavy atom. The second-order valence-electron chi connectivity index (χ2n) is 11.1. The van der Waals surface area contributed by atoms with Gasteiger partial charge in [-0.3, -0.25) is 9.59 Å². The zero-order valence-corrected chi connectivity index (χ0v) is 20.1. The molecule has 0 saturated heterocycles. The Bertz CT molecular complexity index is 702. The monoisotopic (exact) mass is 434 g/mol. The summed E-state index contributed by atoms with van der Waals surface area (Å²) in [4.78, 5) is 23.1. The Hall–Kier alpha value is -1.36. The third-order valence-corrected chi connectivity index (χ3v) is 9.40. The summed E-state index contributed by atoms with van der Waals surface area (Å²) in [6.07, 6.45) is 6.90. The van der Waals surface area contributed by atoms with Crippen molar-refractivity contribution in [2.45, 2.75) is 85.7 Å². The molecule has 0 heterocycles. The van der Waals surface area contributed by atoms with Crippen molar-refractivity contribution in [1.29, 1.82) is 0 Å². The van der Waals surface area contributed by atoms with Gasteiger partial charge >= 0.3 is 11.9 Å². The van der Waals surface area contributed by atoms with E-state index in [-0.39, 0.29) is 47.3 Å². The highest BCUT2D eigenvalue weighted by molar-refractivity contribution is 5.66. The zero-order chi connectivity index (χ0) is 23.0. The van der Waals surface area contributed by atoms with Crippen molar-refractivity contribution in [3.63, 3.8) is 0 Å². The molecular formula is C26H42O5. The van der Waals surface area contributed by atoms with E-state index in [2.05, 4.69) is 27.4 Å². The topological polar surface area (TPSA) is 72.8 Å². The molecule has 3 saturated carbocycles. The summed E-state index contributed by atoms with van der Waals surface area (Å²) in [5.41, 5.74) is 1.44. The molecule has 0 aromatic rings. The standard InChI is InChI=1S/C26H42O5/c1-16(2)22-7-8-23-21(14-27)24(10-12-26(22,23)6)25(5)11-9-20(31-18(4)29)13-19(25)15-30-17(3)28/h19-24,27H,1,7-15H2,2-6H3/t19-,20+,21+,22-,23?,24?,25+,26-/m1/s1. The highest BCUT2D eigenvalue weighted by atomic mass is 16.5. The lowest BCUT2D eigenvalue weighted by molar-refractivity contribution is -0.163. The first-order valence-electron chi connectivity index (χ1n) is 12.1. The second kappa shape index (κ2) is 9.25. The van der Waals surface area contributed by atoms with E-state index in [4.69, 9.17) is 9.47 Å². The Labute approximate surface area is 188 Å². The number of carbonyl (C=O) groups excluding carboxylic acids is 2. The van der Waals surface area contributed by atoms with E-state index in [1.165, 1.54) is 25.8 Å². The van der Waals surface area contributed by atoms with Crippen LogP contribution in [0.2, 0.25) is 0 Å². The van der Waals surface area contributed by atoms with Gasteiger partial charge in [0, 0.05) is 26.4 Å². The number of aliphatic hydroxyl groups is 1. The maximum Gasteiger partial charge on any atom is 0.302 e. The van der Waals surface area contributed by atoms with E-state index in [0.29, 0.717) is 30.8 Å². The zero-order valence-electron chi connectivity index (χ0n) is 20.1. The molecular weight excluding hydrogens is 392 g/mol. The molecule has 1 N–H and O–H groups in total. The molecule has 0 aromatic carbocycles. The molecule has 3 aliphatic carbocycles. The number of ether oxygens (including phenoxy) is 2. The lowest BCUT2D eigenvalue weighted by Crippen LogP contribution is -2.53. The summed E-state index contributed by atoms with van der Waals surface area (Å²) < 4.78 is 11.0. The van der Waals surface area contributed by atoms with Crippen LogP contribution in [0.5, 0.6) is 0 Å². The Morgan fingerprint density at radius 3 is 2.19 bits per heavy atom. The molecule has 2 unspecified atom stereocenters. The second-order valence-corrected chi connectivity index (χ2v) is 11.1. The van der Waals surface area contributed by atoms with Crippen LogP contribution >= 0.6 is 0 Å². The van der Waals surface area contributed by atoms with Gasteiger partial charge in [-0.1, -0.05) is 26.0 Å². The molecule has 5 nitrogen and oxygen atoms in total. The fraction of sp³-hybridized carbons (Fsp3) is 0.846. The molecule has 0 radical (unpaired) electrons. The summed E-state index contributed by atoms with van der Waals surface area (Å²) in [5, 5.41) is 10.6. The molecule has 176 valence electrons. The SMILES string of the molecule is C=C(C)[C@H]1CCC2[C@H](CO)C([C@@]3(C)CC[C@H](OC(C)=O)C[C@@H]3COC(C)=O)CC[C@@]21C. The molecule has 0 bridgehead atoms. The van der Waals surface area contributed by atoms with Gasteiger partial charge in [0.2, 0.25) is 0 Å². The van der Waals surface area contributed by atoms with Crippen molar-refractivity contribution in [3.8, 4) is 0 Å². The molecule has 3 aliphatic rings. The number of hydrogen-bond acceptors (Lipinski definition) is 5. The fourth-order valence-corrected chi connectivity index (χ4v) is 7.86. The van der Waals surface area contributed by atoms with Gasteiger partial charge in [-0.25, -0.2) is 0 Å². The lowest BCUT2D eigenvalue weighted by atomic mass is 9.48. The van der Waals surface area contributed by atoms with Gasteiger partial charge < -0.3 is 14.6 Å². The first kappa shape index (κ1) is 24.3. The van der Waals surface area contributed by atoms with E-state index in [9.17, 15) is 14.7 Å². The largest absolute Gasteiger partial charge is 0.466 e. The van der Waals surface area contributed by atoms with Crippen molar-refractivity contribution in [2.75, 3.05) is 13.2 Å². The maximum absolute atomic E-state index is 11.6. The van der Waals surface area contributed by atoms with Gasteiger partial charge in [0.05, 0.1) is 6.61 Å². The Morgan fingerprint density at radius 1 is 0.968 bits per heavy atom. The highest BCUT2D eigenvalue weighted by Crippen LogP contribution is 2.64. The average molecular weight is 435 g/mol. The molecule has 0 amide bonds. The van der Waals surface area contributed by atoms with Gasteiger partial charge in [0.1, 0.15) is 6.10 Å². The summed E-state index contributed by atoms with van der Waals surface area (Å²) >= 11 is 0. The third-order valence-electron chi connectivity index (χ3n) is 9.40. The van der Waals surface area contributed by atoms with E-state index < -0.39 is 0 Å². The van der Waals surface area contributed by atoms with Gasteiger partial charge in [0.15, 0.2) is 0 Å². The number of rotatable bonds is 6. The first-order chi connectivity index (χ1) is 14.5. The minimum absolute atomic E-state index is 0.0534. The van der Waals surface area contributed by atoms with Crippen LogP contribution in [0.15, 0.2) is 12.2 Å². The van der Waals surface area contributed by atoms with Crippen LogP contribution in [0.25, 0.3) is 0 Å². The predicted molar refractivity (Wildman–Crippen MR) is 120 cm³/mol. The third kappa shape index (κ3) is 4.58. The summed E-state index contributed by atoms with van der Waals surface area (Å²) in [6, 6.07) is 0.